The van der Waals surface area contributed by atoms with Gasteiger partial charge in [0, 0.05) is 71.6 Å². The summed E-state index contributed by atoms with van der Waals surface area (Å²) in [5.74, 6) is 1.18. The highest BCUT2D eigenvalue weighted by molar-refractivity contribution is 5.95. The lowest BCUT2D eigenvalue weighted by atomic mass is 9.94. The van der Waals surface area contributed by atoms with Crippen LogP contribution >= 0.6 is 0 Å². The van der Waals surface area contributed by atoms with E-state index in [1.54, 1.807) is 19.1 Å². The lowest BCUT2D eigenvalue weighted by Crippen LogP contribution is -2.44. The van der Waals surface area contributed by atoms with Crippen LogP contribution < -0.4 is 10.1 Å². The topological polar surface area (TPSA) is 89.6 Å². The summed E-state index contributed by atoms with van der Waals surface area (Å²) >= 11 is 0. The van der Waals surface area contributed by atoms with E-state index in [1.165, 1.54) is 0 Å². The fourth-order valence-electron chi connectivity index (χ4n) is 4.91. The first-order valence-electron chi connectivity index (χ1n) is 13.5. The van der Waals surface area contributed by atoms with Crippen molar-refractivity contribution in [3.8, 4) is 5.75 Å². The summed E-state index contributed by atoms with van der Waals surface area (Å²) in [4.78, 5) is 29.7. The number of carbonyl (C=O) groups is 2. The highest BCUT2D eigenvalue weighted by Gasteiger charge is 2.33. The molecule has 1 aromatic carbocycles. The van der Waals surface area contributed by atoms with E-state index in [0.717, 1.165) is 50.3 Å². The van der Waals surface area contributed by atoms with E-state index in [-0.39, 0.29) is 36.0 Å². The van der Waals surface area contributed by atoms with Gasteiger partial charge in [0.25, 0.3) is 5.91 Å². The van der Waals surface area contributed by atoms with Gasteiger partial charge in [-0.3, -0.25) is 4.79 Å². The minimum absolute atomic E-state index is 0.00767. The van der Waals surface area contributed by atoms with Crippen LogP contribution in [0.1, 0.15) is 49.0 Å². The maximum atomic E-state index is 13.6. The van der Waals surface area contributed by atoms with Gasteiger partial charge in [-0.2, -0.15) is 0 Å². The van der Waals surface area contributed by atoms with Gasteiger partial charge in [0.2, 0.25) is 0 Å². The minimum atomic E-state index is -0.323. The molecule has 0 aromatic heterocycles. The summed E-state index contributed by atoms with van der Waals surface area (Å²) in [6.07, 6.45) is 2.44. The fourth-order valence-corrected chi connectivity index (χ4v) is 4.91. The first-order valence-corrected chi connectivity index (χ1v) is 13.5. The fraction of sp³-hybridized carbons (Fsp3) is 0.714. The van der Waals surface area contributed by atoms with Crippen molar-refractivity contribution < 1.29 is 28.5 Å². The molecule has 0 spiro atoms. The van der Waals surface area contributed by atoms with E-state index in [9.17, 15) is 9.59 Å². The quantitative estimate of drug-likeness (QED) is 0.400. The van der Waals surface area contributed by atoms with E-state index in [0.29, 0.717) is 38.5 Å². The molecule has 0 aliphatic carbocycles. The Kier molecular flexibility index (Phi) is 11.5. The lowest BCUT2D eigenvalue weighted by Gasteiger charge is -2.32. The van der Waals surface area contributed by atoms with Gasteiger partial charge in [0.1, 0.15) is 12.4 Å². The molecule has 37 heavy (non-hydrogen) atoms. The summed E-state index contributed by atoms with van der Waals surface area (Å²) in [5, 5.41) is 3.45. The average molecular weight is 520 g/mol. The van der Waals surface area contributed by atoms with E-state index in [1.807, 2.05) is 43.9 Å². The molecule has 2 heterocycles. The van der Waals surface area contributed by atoms with Crippen LogP contribution in [0.5, 0.6) is 5.75 Å². The van der Waals surface area contributed by atoms with E-state index < -0.39 is 0 Å². The largest absolute Gasteiger partial charge is 0.493 e. The van der Waals surface area contributed by atoms with Crippen LogP contribution in [0.4, 0.5) is 4.79 Å². The SMILES string of the molecule is COCCCOc1cc(C(=O)N(CC2CNC[C@H]2CN(C)C(=O)OC[C@H]2CCCO2)C(C)C)ccc1C. The summed E-state index contributed by atoms with van der Waals surface area (Å²) in [6, 6.07) is 5.70. The van der Waals surface area contributed by atoms with Crippen LogP contribution in [0.25, 0.3) is 0 Å². The Balaban J connectivity index is 1.58. The number of rotatable bonds is 13. The number of nitrogens with zero attached hydrogens (tertiary/aromatic N) is 2. The van der Waals surface area contributed by atoms with Crippen LogP contribution in [-0.2, 0) is 14.2 Å². The Morgan fingerprint density at radius 3 is 2.59 bits per heavy atom. The van der Waals surface area contributed by atoms with Crippen LogP contribution in [0.15, 0.2) is 18.2 Å². The van der Waals surface area contributed by atoms with Crippen molar-refractivity contribution in [2.24, 2.45) is 11.8 Å². The van der Waals surface area contributed by atoms with Gasteiger partial charge in [-0.25, -0.2) is 4.79 Å². The molecule has 0 bridgehead atoms. The molecule has 3 rings (SSSR count). The van der Waals surface area contributed by atoms with Gasteiger partial charge in [-0.15, -0.1) is 0 Å². The third-order valence-corrected chi connectivity index (χ3v) is 7.22. The second kappa shape index (κ2) is 14.5. The van der Waals surface area contributed by atoms with Gasteiger partial charge in [0.05, 0.1) is 12.7 Å². The summed E-state index contributed by atoms with van der Waals surface area (Å²) in [5.41, 5.74) is 1.62. The Labute approximate surface area is 221 Å². The Morgan fingerprint density at radius 1 is 1.16 bits per heavy atom. The Morgan fingerprint density at radius 2 is 1.92 bits per heavy atom. The third kappa shape index (κ3) is 8.58. The zero-order chi connectivity index (χ0) is 26.8. The van der Waals surface area contributed by atoms with Crippen LogP contribution in [0.3, 0.4) is 0 Å². The summed E-state index contributed by atoms with van der Waals surface area (Å²) < 4.78 is 22.0. The highest BCUT2D eigenvalue weighted by Crippen LogP contribution is 2.25. The lowest BCUT2D eigenvalue weighted by molar-refractivity contribution is 0.0303. The van der Waals surface area contributed by atoms with Crippen molar-refractivity contribution in [2.75, 3.05) is 66.8 Å². The van der Waals surface area contributed by atoms with Crippen LogP contribution in [0, 0.1) is 18.8 Å². The minimum Gasteiger partial charge on any atom is -0.493 e. The number of methoxy groups -OCH3 is 1. The van der Waals surface area contributed by atoms with Crippen molar-refractivity contribution in [3.05, 3.63) is 29.3 Å². The maximum Gasteiger partial charge on any atom is 0.409 e. The van der Waals surface area contributed by atoms with Crippen molar-refractivity contribution in [1.29, 1.82) is 0 Å². The maximum absolute atomic E-state index is 13.6. The average Bonchev–Trinajstić information content (AvgIpc) is 3.56. The predicted octanol–water partition coefficient (Wildman–Crippen LogP) is 3.34. The summed E-state index contributed by atoms with van der Waals surface area (Å²) in [7, 11) is 3.45. The molecule has 0 radical (unpaired) electrons. The molecule has 9 nitrogen and oxygen atoms in total. The zero-order valence-electron chi connectivity index (χ0n) is 23.2. The number of nitrogens with one attached hydrogen (secondary N) is 1. The number of ether oxygens (including phenoxy) is 4. The second-order valence-electron chi connectivity index (χ2n) is 10.5. The van der Waals surface area contributed by atoms with E-state index >= 15 is 0 Å². The normalized spacial score (nSPS) is 21.3. The van der Waals surface area contributed by atoms with E-state index in [2.05, 4.69) is 5.32 Å². The first-order chi connectivity index (χ1) is 17.8. The van der Waals surface area contributed by atoms with E-state index in [4.69, 9.17) is 18.9 Å². The van der Waals surface area contributed by atoms with Crippen LogP contribution in [-0.4, -0.2) is 101 Å². The standard InChI is InChI=1S/C28H45N3O6/c1-20(2)31(27(32)22-10-9-21(3)26(14-22)36-13-7-11-34-5)18-24-16-29-15-23(24)17-30(4)28(33)37-19-25-8-6-12-35-25/h9-10,14,20,23-25,29H,6-8,11-13,15-19H2,1-5H3/t23-,24?,25+/m0/s1. The first kappa shape index (κ1) is 29.2. The van der Waals surface area contributed by atoms with Gasteiger partial charge in [-0.05, 0) is 63.1 Å². The molecule has 2 fully saturated rings. The van der Waals surface area contributed by atoms with Crippen molar-refractivity contribution in [1.82, 2.24) is 15.1 Å². The molecule has 2 amide bonds. The van der Waals surface area contributed by atoms with Crippen molar-refractivity contribution in [2.45, 2.75) is 52.2 Å². The van der Waals surface area contributed by atoms with Gasteiger partial charge in [0.15, 0.2) is 0 Å². The zero-order valence-corrected chi connectivity index (χ0v) is 23.2. The number of aryl methyl sites for hydroxylation is 1. The monoisotopic (exact) mass is 519 g/mol. The molecule has 3 atom stereocenters. The number of amides is 2. The van der Waals surface area contributed by atoms with Crippen molar-refractivity contribution in [3.63, 3.8) is 0 Å². The van der Waals surface area contributed by atoms with Gasteiger partial charge < -0.3 is 34.1 Å². The molecule has 1 aromatic rings. The molecular weight excluding hydrogens is 474 g/mol. The number of hydrogen-bond acceptors (Lipinski definition) is 7. The molecule has 2 saturated heterocycles. The molecular formula is C28H45N3O6. The number of hydrogen-bond donors (Lipinski definition) is 1. The molecule has 0 saturated carbocycles. The van der Waals surface area contributed by atoms with Gasteiger partial charge >= 0.3 is 6.09 Å². The smallest absolute Gasteiger partial charge is 0.409 e. The Bertz CT molecular complexity index is 873. The molecule has 208 valence electrons. The summed E-state index contributed by atoms with van der Waals surface area (Å²) in [6.45, 7) is 11.1. The Hall–Kier alpha value is -2.36. The van der Waals surface area contributed by atoms with Gasteiger partial charge in [-0.1, -0.05) is 6.07 Å². The number of benzene rings is 1. The van der Waals surface area contributed by atoms with Crippen molar-refractivity contribution >= 4 is 12.0 Å². The third-order valence-electron chi connectivity index (χ3n) is 7.22. The van der Waals surface area contributed by atoms with Crippen LogP contribution in [0.2, 0.25) is 0 Å². The molecule has 1 N–H and O–H groups in total. The highest BCUT2D eigenvalue weighted by atomic mass is 16.6. The molecule has 2 aliphatic heterocycles. The second-order valence-corrected chi connectivity index (χ2v) is 10.5. The molecule has 9 heteroatoms. The molecule has 2 aliphatic rings. The predicted molar refractivity (Wildman–Crippen MR) is 142 cm³/mol. The molecule has 1 unspecified atom stereocenters. The number of carbonyl (C=O) groups excluding carboxylic acids is 2.